The normalized spacial score (nSPS) is 10.7. The maximum Gasteiger partial charge on any atom is 0.233 e. The number of amides is 1. The molecule has 3 nitrogen and oxygen atoms in total. The summed E-state index contributed by atoms with van der Waals surface area (Å²) >= 11 is 5.20. The third-order valence-electron chi connectivity index (χ3n) is 2.15. The molecule has 1 heterocycles. The van der Waals surface area contributed by atoms with Crippen molar-refractivity contribution in [3.63, 3.8) is 0 Å². The number of hydrogen-bond acceptors (Lipinski definition) is 3. The number of rotatable bonds is 5. The van der Waals surface area contributed by atoms with Gasteiger partial charge in [-0.1, -0.05) is 6.92 Å². The van der Waals surface area contributed by atoms with Gasteiger partial charge in [-0.25, -0.2) is 0 Å². The highest BCUT2D eigenvalue weighted by molar-refractivity contribution is 9.10. The average Bonchev–Trinajstić information content (AvgIpc) is 2.63. The number of carbonyl (C=O) groups excluding carboxylic acids is 1. The minimum atomic E-state index is 0.0597. The lowest BCUT2D eigenvalue weighted by atomic mass is 10.4. The van der Waals surface area contributed by atoms with E-state index < -0.39 is 0 Å². The lowest BCUT2D eigenvalue weighted by Crippen LogP contribution is -2.34. The first-order valence-electron chi connectivity index (χ1n) is 4.82. The van der Waals surface area contributed by atoms with Crippen LogP contribution in [0.1, 0.15) is 11.8 Å². The fraction of sp³-hybridized carbons (Fsp3) is 0.500. The molecule has 0 bridgehead atoms. The summed E-state index contributed by atoms with van der Waals surface area (Å²) in [5.41, 5.74) is 0. The van der Waals surface area contributed by atoms with E-state index in [0.717, 1.165) is 17.6 Å². The zero-order chi connectivity index (χ0) is 11.3. The Morgan fingerprint density at radius 3 is 2.87 bits per heavy atom. The molecular formula is C10H15BrN2OS. The van der Waals surface area contributed by atoms with E-state index in [9.17, 15) is 4.79 Å². The van der Waals surface area contributed by atoms with Crippen LogP contribution in [0.3, 0.4) is 0 Å². The minimum absolute atomic E-state index is 0.0597. The van der Waals surface area contributed by atoms with Gasteiger partial charge in [0, 0.05) is 22.9 Å². The van der Waals surface area contributed by atoms with Crippen LogP contribution in [0.5, 0.6) is 0 Å². The zero-order valence-corrected chi connectivity index (χ0v) is 11.3. The first-order valence-corrected chi connectivity index (χ1v) is 6.49. The lowest BCUT2D eigenvalue weighted by molar-refractivity contribution is -0.121. The van der Waals surface area contributed by atoms with Gasteiger partial charge in [0.2, 0.25) is 5.91 Å². The fourth-order valence-corrected chi connectivity index (χ4v) is 2.72. The van der Waals surface area contributed by atoms with E-state index in [4.69, 9.17) is 0 Å². The van der Waals surface area contributed by atoms with Crippen LogP contribution < -0.4 is 5.32 Å². The van der Waals surface area contributed by atoms with Crippen LogP contribution in [0, 0.1) is 0 Å². The number of halogens is 1. The number of thiophene rings is 1. The average molecular weight is 291 g/mol. The summed E-state index contributed by atoms with van der Waals surface area (Å²) in [5.74, 6) is 0.0597. The van der Waals surface area contributed by atoms with Crippen molar-refractivity contribution in [1.82, 2.24) is 10.2 Å². The van der Waals surface area contributed by atoms with Gasteiger partial charge in [0.05, 0.1) is 6.54 Å². The molecule has 0 aliphatic carbocycles. The fourth-order valence-electron chi connectivity index (χ4n) is 1.20. The summed E-state index contributed by atoms with van der Waals surface area (Å²) in [6, 6.07) is 2.04. The molecule has 0 saturated carbocycles. The van der Waals surface area contributed by atoms with Gasteiger partial charge in [0.1, 0.15) is 0 Å². The number of nitrogens with one attached hydrogen (secondary N) is 1. The molecule has 0 aromatic carbocycles. The Kier molecular flexibility index (Phi) is 5.28. The molecule has 1 amide bonds. The van der Waals surface area contributed by atoms with Gasteiger partial charge >= 0.3 is 0 Å². The van der Waals surface area contributed by atoms with Crippen LogP contribution >= 0.6 is 27.3 Å². The molecule has 1 aromatic heterocycles. The third-order valence-corrected chi connectivity index (χ3v) is 4.06. The topological polar surface area (TPSA) is 32.3 Å². The molecule has 1 N–H and O–H groups in total. The van der Waals surface area contributed by atoms with E-state index in [1.807, 2.05) is 11.4 Å². The van der Waals surface area contributed by atoms with Gasteiger partial charge in [-0.05, 0) is 33.9 Å². The van der Waals surface area contributed by atoms with Gasteiger partial charge in [-0.3, -0.25) is 9.69 Å². The largest absolute Gasteiger partial charge is 0.358 e. The van der Waals surface area contributed by atoms with Crippen molar-refractivity contribution in [2.75, 3.05) is 20.1 Å². The molecule has 1 rings (SSSR count). The van der Waals surface area contributed by atoms with Gasteiger partial charge in [0.15, 0.2) is 0 Å². The highest BCUT2D eigenvalue weighted by Crippen LogP contribution is 2.23. The Morgan fingerprint density at radius 1 is 1.67 bits per heavy atom. The van der Waals surface area contributed by atoms with Crippen molar-refractivity contribution in [1.29, 1.82) is 0 Å². The summed E-state index contributed by atoms with van der Waals surface area (Å²) in [6.07, 6.45) is 0. The van der Waals surface area contributed by atoms with Gasteiger partial charge in [-0.2, -0.15) is 0 Å². The molecule has 15 heavy (non-hydrogen) atoms. The summed E-state index contributed by atoms with van der Waals surface area (Å²) in [7, 11) is 1.66. The maximum absolute atomic E-state index is 11.2. The number of likely N-dealkylation sites (N-methyl/N-ethyl adjacent to an activating group) is 2. The molecule has 0 aliphatic rings. The highest BCUT2D eigenvalue weighted by Gasteiger charge is 2.10. The van der Waals surface area contributed by atoms with Gasteiger partial charge in [0.25, 0.3) is 0 Å². The highest BCUT2D eigenvalue weighted by atomic mass is 79.9. The molecule has 0 saturated heterocycles. The minimum Gasteiger partial charge on any atom is -0.358 e. The zero-order valence-electron chi connectivity index (χ0n) is 8.92. The molecular weight excluding hydrogens is 276 g/mol. The quantitative estimate of drug-likeness (QED) is 0.901. The van der Waals surface area contributed by atoms with E-state index in [-0.39, 0.29) is 5.91 Å². The second kappa shape index (κ2) is 6.25. The van der Waals surface area contributed by atoms with Crippen molar-refractivity contribution in [2.24, 2.45) is 0 Å². The summed E-state index contributed by atoms with van der Waals surface area (Å²) in [5, 5.41) is 4.68. The molecule has 0 fully saturated rings. The molecule has 0 unspecified atom stereocenters. The SMILES string of the molecule is CCN(CC(=O)NC)Cc1sccc1Br. The Bertz CT molecular complexity index is 327. The lowest BCUT2D eigenvalue weighted by Gasteiger charge is -2.18. The standard InChI is InChI=1S/C10H15BrN2OS/c1-3-13(7-10(14)12-2)6-9-8(11)4-5-15-9/h4-5H,3,6-7H2,1-2H3,(H,12,14). The predicted octanol–water partition coefficient (Wildman–Crippen LogP) is 2.08. The van der Waals surface area contributed by atoms with Gasteiger partial charge in [-0.15, -0.1) is 11.3 Å². The Morgan fingerprint density at radius 2 is 2.40 bits per heavy atom. The van der Waals surface area contributed by atoms with E-state index in [1.165, 1.54) is 4.88 Å². The number of hydrogen-bond donors (Lipinski definition) is 1. The van der Waals surface area contributed by atoms with Crippen LogP contribution in [0.15, 0.2) is 15.9 Å². The van der Waals surface area contributed by atoms with Crippen LogP contribution in [0.25, 0.3) is 0 Å². The van der Waals surface area contributed by atoms with Crippen LogP contribution in [-0.4, -0.2) is 30.9 Å². The first-order chi connectivity index (χ1) is 7.17. The van der Waals surface area contributed by atoms with E-state index >= 15 is 0 Å². The molecule has 1 aromatic rings. The number of carbonyl (C=O) groups is 1. The molecule has 0 radical (unpaired) electrons. The Balaban J connectivity index is 2.54. The van der Waals surface area contributed by atoms with E-state index in [2.05, 4.69) is 33.1 Å². The van der Waals surface area contributed by atoms with Crippen molar-refractivity contribution in [3.05, 3.63) is 20.8 Å². The second-order valence-corrected chi connectivity index (χ2v) is 5.02. The molecule has 0 aliphatic heterocycles. The Labute approximate surface area is 103 Å². The Hall–Kier alpha value is -0.390. The van der Waals surface area contributed by atoms with Crippen LogP contribution in [0.4, 0.5) is 0 Å². The van der Waals surface area contributed by atoms with E-state index in [0.29, 0.717) is 6.54 Å². The molecule has 0 atom stereocenters. The molecule has 0 spiro atoms. The molecule has 84 valence electrons. The molecule has 5 heteroatoms. The van der Waals surface area contributed by atoms with Crippen molar-refractivity contribution in [2.45, 2.75) is 13.5 Å². The maximum atomic E-state index is 11.2. The second-order valence-electron chi connectivity index (χ2n) is 3.17. The first kappa shape index (κ1) is 12.7. The smallest absolute Gasteiger partial charge is 0.233 e. The van der Waals surface area contributed by atoms with E-state index in [1.54, 1.807) is 18.4 Å². The summed E-state index contributed by atoms with van der Waals surface area (Å²) < 4.78 is 1.13. The van der Waals surface area contributed by atoms with Crippen LogP contribution in [-0.2, 0) is 11.3 Å². The number of nitrogens with zero attached hydrogens (tertiary/aromatic N) is 1. The summed E-state index contributed by atoms with van der Waals surface area (Å²) in [6.45, 7) is 4.21. The van der Waals surface area contributed by atoms with Gasteiger partial charge < -0.3 is 5.32 Å². The van der Waals surface area contributed by atoms with Crippen molar-refractivity contribution in [3.8, 4) is 0 Å². The predicted molar refractivity (Wildman–Crippen MR) is 67.0 cm³/mol. The van der Waals surface area contributed by atoms with Crippen LogP contribution in [0.2, 0.25) is 0 Å². The van der Waals surface area contributed by atoms with Crippen molar-refractivity contribution < 1.29 is 4.79 Å². The van der Waals surface area contributed by atoms with Crippen molar-refractivity contribution >= 4 is 33.2 Å². The third kappa shape index (κ3) is 3.93. The monoisotopic (exact) mass is 290 g/mol. The summed E-state index contributed by atoms with van der Waals surface area (Å²) in [4.78, 5) is 14.6.